The Labute approximate surface area is 172 Å². The lowest BCUT2D eigenvalue weighted by molar-refractivity contribution is -0.126. The van der Waals surface area contributed by atoms with E-state index in [0.29, 0.717) is 43.8 Å². The summed E-state index contributed by atoms with van der Waals surface area (Å²) in [6, 6.07) is 9.30. The zero-order valence-corrected chi connectivity index (χ0v) is 17.2. The molecule has 1 N–H and O–H groups in total. The Morgan fingerprint density at radius 1 is 1.10 bits per heavy atom. The zero-order chi connectivity index (χ0) is 20.4. The number of ether oxygens (including phenoxy) is 2. The third-order valence-electron chi connectivity index (χ3n) is 6.37. The van der Waals surface area contributed by atoms with E-state index in [-0.39, 0.29) is 23.5 Å². The highest BCUT2D eigenvalue weighted by Crippen LogP contribution is 2.40. The van der Waals surface area contributed by atoms with E-state index in [9.17, 15) is 9.59 Å². The minimum absolute atomic E-state index is 0.0179. The smallest absolute Gasteiger partial charge is 0.228 e. The predicted octanol–water partition coefficient (Wildman–Crippen LogP) is 4.16. The monoisotopic (exact) mass is 395 g/mol. The maximum absolute atomic E-state index is 13.5. The quantitative estimate of drug-likeness (QED) is 0.761. The maximum atomic E-state index is 13.5. The molecule has 2 unspecified atom stereocenters. The number of ketones is 1. The molecule has 1 aromatic carbocycles. The van der Waals surface area contributed by atoms with Crippen LogP contribution in [0.2, 0.25) is 0 Å². The summed E-state index contributed by atoms with van der Waals surface area (Å²) in [7, 11) is 0. The molecule has 0 spiro atoms. The second-order valence-corrected chi connectivity index (χ2v) is 8.25. The van der Waals surface area contributed by atoms with Gasteiger partial charge in [-0.2, -0.15) is 0 Å². The molecule has 154 valence electrons. The predicted molar refractivity (Wildman–Crippen MR) is 110 cm³/mol. The Balaban J connectivity index is 1.62. The van der Waals surface area contributed by atoms with Gasteiger partial charge in [0.15, 0.2) is 17.3 Å². The summed E-state index contributed by atoms with van der Waals surface area (Å²) in [5.74, 6) is 1.04. The molecule has 1 heterocycles. The average molecular weight is 395 g/mol. The third-order valence-corrected chi connectivity index (χ3v) is 6.37. The lowest BCUT2D eigenvalue weighted by Gasteiger charge is -2.36. The first-order valence-electron chi connectivity index (χ1n) is 10.7. The normalized spacial score (nSPS) is 25.4. The van der Waals surface area contributed by atoms with Gasteiger partial charge in [-0.3, -0.25) is 9.59 Å². The highest BCUT2D eigenvalue weighted by Gasteiger charge is 2.45. The van der Waals surface area contributed by atoms with E-state index in [1.54, 1.807) is 0 Å². The van der Waals surface area contributed by atoms with Crippen molar-refractivity contribution in [2.24, 2.45) is 11.8 Å². The highest BCUT2D eigenvalue weighted by atomic mass is 16.6. The molecule has 4 rings (SSSR count). The number of allylic oxidation sites excluding steroid dienone is 1. The van der Waals surface area contributed by atoms with Crippen LogP contribution in [0.4, 0.5) is 0 Å². The summed E-state index contributed by atoms with van der Waals surface area (Å²) in [6.45, 7) is 5.10. The first kappa shape index (κ1) is 19.7. The summed E-state index contributed by atoms with van der Waals surface area (Å²) in [6.07, 6.45) is 5.96. The molecule has 0 radical (unpaired) electrons. The van der Waals surface area contributed by atoms with Gasteiger partial charge in [0.1, 0.15) is 18.8 Å². The van der Waals surface area contributed by atoms with E-state index in [2.05, 4.69) is 5.32 Å². The molecule has 1 saturated heterocycles. The van der Waals surface area contributed by atoms with Crippen molar-refractivity contribution in [3.63, 3.8) is 0 Å². The van der Waals surface area contributed by atoms with Crippen molar-refractivity contribution in [3.05, 3.63) is 59.1 Å². The van der Waals surface area contributed by atoms with E-state index >= 15 is 0 Å². The Kier molecular flexibility index (Phi) is 5.48. The second-order valence-electron chi connectivity index (χ2n) is 8.25. The number of carbonyl (C=O) groups excluding carboxylic acids is 2. The van der Waals surface area contributed by atoms with Crippen LogP contribution in [-0.4, -0.2) is 30.4 Å². The minimum Gasteiger partial charge on any atom is -0.486 e. The molecule has 0 aromatic heterocycles. The van der Waals surface area contributed by atoms with Crippen molar-refractivity contribution in [1.82, 2.24) is 5.32 Å². The summed E-state index contributed by atoms with van der Waals surface area (Å²) < 4.78 is 11.6. The van der Waals surface area contributed by atoms with Gasteiger partial charge >= 0.3 is 0 Å². The fraction of sp³-hybridized carbons (Fsp3) is 0.500. The van der Waals surface area contributed by atoms with Crippen molar-refractivity contribution < 1.29 is 19.1 Å². The SMILES string of the molecule is CCC1=C2OCCOC2=CC(C)C1C(=O)NC1(C(=O)c2ccccc2)CCCC1. The Hall–Kier alpha value is -2.56. The van der Waals surface area contributed by atoms with Gasteiger partial charge in [-0.25, -0.2) is 0 Å². The number of rotatable bonds is 5. The molecule has 2 fully saturated rings. The van der Waals surface area contributed by atoms with Crippen molar-refractivity contribution in [3.8, 4) is 0 Å². The number of Topliss-reactive ketones (excluding diaryl/α,β-unsaturated/α-hetero) is 1. The van der Waals surface area contributed by atoms with Crippen LogP contribution in [0.15, 0.2) is 53.5 Å². The van der Waals surface area contributed by atoms with Gasteiger partial charge in [-0.15, -0.1) is 0 Å². The lowest BCUT2D eigenvalue weighted by Crippen LogP contribution is -2.55. The number of hydrogen-bond donors (Lipinski definition) is 1. The molecule has 0 bridgehead atoms. The van der Waals surface area contributed by atoms with Crippen LogP contribution in [0.3, 0.4) is 0 Å². The summed E-state index contributed by atoms with van der Waals surface area (Å²) in [4.78, 5) is 26.9. The number of benzene rings is 1. The van der Waals surface area contributed by atoms with Crippen LogP contribution in [-0.2, 0) is 14.3 Å². The van der Waals surface area contributed by atoms with Crippen LogP contribution >= 0.6 is 0 Å². The third kappa shape index (κ3) is 3.59. The summed E-state index contributed by atoms with van der Waals surface area (Å²) >= 11 is 0. The van der Waals surface area contributed by atoms with Gasteiger partial charge < -0.3 is 14.8 Å². The fourth-order valence-electron chi connectivity index (χ4n) is 4.94. The van der Waals surface area contributed by atoms with Gasteiger partial charge in [0.05, 0.1) is 5.92 Å². The van der Waals surface area contributed by atoms with Gasteiger partial charge in [0.25, 0.3) is 0 Å². The van der Waals surface area contributed by atoms with Gasteiger partial charge in [-0.1, -0.05) is 57.0 Å². The zero-order valence-electron chi connectivity index (χ0n) is 17.2. The van der Waals surface area contributed by atoms with E-state index < -0.39 is 5.54 Å². The van der Waals surface area contributed by atoms with Crippen molar-refractivity contribution in [2.75, 3.05) is 13.2 Å². The van der Waals surface area contributed by atoms with Gasteiger partial charge in [-0.05, 0) is 36.8 Å². The van der Waals surface area contributed by atoms with Crippen molar-refractivity contribution >= 4 is 11.7 Å². The number of fused-ring (bicyclic) bond motifs is 1. The molecule has 1 amide bonds. The number of carbonyl (C=O) groups is 2. The molecule has 1 aromatic rings. The highest BCUT2D eigenvalue weighted by molar-refractivity contribution is 6.05. The van der Waals surface area contributed by atoms with E-state index in [0.717, 1.165) is 24.2 Å². The van der Waals surface area contributed by atoms with Crippen molar-refractivity contribution in [1.29, 1.82) is 0 Å². The molecular formula is C24H29NO4. The number of amides is 1. The van der Waals surface area contributed by atoms with Crippen LogP contribution in [0, 0.1) is 11.8 Å². The van der Waals surface area contributed by atoms with Crippen molar-refractivity contribution in [2.45, 2.75) is 51.5 Å². The maximum Gasteiger partial charge on any atom is 0.228 e. The first-order valence-corrected chi connectivity index (χ1v) is 10.7. The van der Waals surface area contributed by atoms with E-state index in [1.165, 1.54) is 0 Å². The molecule has 1 aliphatic heterocycles. The molecule has 5 nitrogen and oxygen atoms in total. The topological polar surface area (TPSA) is 64.6 Å². The molecule has 29 heavy (non-hydrogen) atoms. The Bertz CT molecular complexity index is 849. The Morgan fingerprint density at radius 3 is 2.48 bits per heavy atom. The van der Waals surface area contributed by atoms with Gasteiger partial charge in [0.2, 0.25) is 5.91 Å². The Morgan fingerprint density at radius 2 is 1.79 bits per heavy atom. The molecule has 2 aliphatic carbocycles. The van der Waals surface area contributed by atoms with Gasteiger partial charge in [0, 0.05) is 5.56 Å². The minimum atomic E-state index is -0.810. The molecule has 2 atom stereocenters. The molecular weight excluding hydrogens is 366 g/mol. The average Bonchev–Trinajstić information content (AvgIpc) is 3.22. The molecule has 5 heteroatoms. The lowest BCUT2D eigenvalue weighted by atomic mass is 9.78. The summed E-state index contributed by atoms with van der Waals surface area (Å²) in [5.41, 5.74) is 0.814. The summed E-state index contributed by atoms with van der Waals surface area (Å²) in [5, 5.41) is 3.20. The second kappa shape index (κ2) is 8.05. The van der Waals surface area contributed by atoms with Crippen LogP contribution in [0.1, 0.15) is 56.3 Å². The van der Waals surface area contributed by atoms with Crippen LogP contribution in [0.5, 0.6) is 0 Å². The standard InChI is InChI=1S/C24H29NO4/c1-3-18-20(16(2)15-19-21(18)29-14-13-28-19)23(27)25-24(11-7-8-12-24)22(26)17-9-5-4-6-10-17/h4-6,9-10,15-16,20H,3,7-8,11-14H2,1-2H3,(H,25,27). The fourth-order valence-corrected chi connectivity index (χ4v) is 4.94. The van der Waals surface area contributed by atoms with Crippen LogP contribution in [0.25, 0.3) is 0 Å². The van der Waals surface area contributed by atoms with E-state index in [1.807, 2.05) is 50.3 Å². The van der Waals surface area contributed by atoms with Crippen LogP contribution < -0.4 is 5.32 Å². The number of hydrogen-bond acceptors (Lipinski definition) is 4. The largest absolute Gasteiger partial charge is 0.486 e. The molecule has 3 aliphatic rings. The number of nitrogens with one attached hydrogen (secondary N) is 1. The molecule has 1 saturated carbocycles. The van der Waals surface area contributed by atoms with E-state index in [4.69, 9.17) is 9.47 Å². The first-order chi connectivity index (χ1) is 14.1.